The van der Waals surface area contributed by atoms with Crippen LogP contribution in [0, 0.1) is 6.92 Å². The van der Waals surface area contributed by atoms with Crippen LogP contribution in [0.4, 0.5) is 0 Å². The molecule has 0 N–H and O–H groups in total. The van der Waals surface area contributed by atoms with Gasteiger partial charge in [-0.05, 0) is 32.4 Å². The SMILES string of the molecule is [CH2]CCCN(C/C=C/CC)CCC. The van der Waals surface area contributed by atoms with Gasteiger partial charge in [-0.3, -0.25) is 4.90 Å². The van der Waals surface area contributed by atoms with Crippen molar-refractivity contribution in [1.82, 2.24) is 4.90 Å². The molecule has 0 atom stereocenters. The standard InChI is InChI=1S/C12H24N/c1-4-7-9-12-13(10-6-3)11-8-5-2/h7,9H,2,4-6,8,10-12H2,1,3H3/b9-7+. The van der Waals surface area contributed by atoms with Crippen LogP contribution in [0.25, 0.3) is 0 Å². The normalized spacial score (nSPS) is 11.7. The fraction of sp³-hybridized carbons (Fsp3) is 0.750. The molecule has 0 saturated carbocycles. The molecule has 0 aliphatic carbocycles. The van der Waals surface area contributed by atoms with E-state index < -0.39 is 0 Å². The third-order valence-electron chi connectivity index (χ3n) is 2.03. The van der Waals surface area contributed by atoms with Crippen LogP contribution in [0.15, 0.2) is 12.2 Å². The first-order valence-electron chi connectivity index (χ1n) is 5.51. The number of hydrogen-bond acceptors (Lipinski definition) is 1. The maximum Gasteiger partial charge on any atom is 0.0163 e. The second-order valence-electron chi connectivity index (χ2n) is 3.39. The van der Waals surface area contributed by atoms with Crippen molar-refractivity contribution in [3.63, 3.8) is 0 Å². The Labute approximate surface area is 83.8 Å². The minimum Gasteiger partial charge on any atom is -0.300 e. The Hall–Kier alpha value is -0.300. The van der Waals surface area contributed by atoms with E-state index in [1.54, 1.807) is 0 Å². The summed E-state index contributed by atoms with van der Waals surface area (Å²) < 4.78 is 0. The molecule has 0 heterocycles. The quantitative estimate of drug-likeness (QED) is 0.521. The topological polar surface area (TPSA) is 3.24 Å². The molecule has 0 aliphatic rings. The van der Waals surface area contributed by atoms with Gasteiger partial charge >= 0.3 is 0 Å². The number of unbranched alkanes of at least 4 members (excludes halogenated alkanes) is 1. The Kier molecular flexibility index (Phi) is 9.56. The summed E-state index contributed by atoms with van der Waals surface area (Å²) in [6.07, 6.45) is 9.19. The average Bonchev–Trinajstić information content (AvgIpc) is 2.14. The highest BCUT2D eigenvalue weighted by atomic mass is 15.1. The predicted octanol–water partition coefficient (Wildman–Crippen LogP) is 3.28. The summed E-state index contributed by atoms with van der Waals surface area (Å²) in [5, 5.41) is 0. The Morgan fingerprint density at radius 2 is 1.92 bits per heavy atom. The fourth-order valence-electron chi connectivity index (χ4n) is 1.34. The minimum atomic E-state index is 1.05. The van der Waals surface area contributed by atoms with Crippen molar-refractivity contribution in [3.05, 3.63) is 19.1 Å². The van der Waals surface area contributed by atoms with Gasteiger partial charge in [0.2, 0.25) is 0 Å². The monoisotopic (exact) mass is 182 g/mol. The van der Waals surface area contributed by atoms with Crippen LogP contribution in [0.3, 0.4) is 0 Å². The first kappa shape index (κ1) is 12.7. The molecule has 1 heteroatoms. The summed E-state index contributed by atoms with van der Waals surface area (Å²) in [7, 11) is 0. The number of hydrogen-bond donors (Lipinski definition) is 0. The highest BCUT2D eigenvalue weighted by Gasteiger charge is 1.99. The smallest absolute Gasteiger partial charge is 0.0163 e. The zero-order valence-corrected chi connectivity index (χ0v) is 9.26. The van der Waals surface area contributed by atoms with E-state index in [0.29, 0.717) is 0 Å². The van der Waals surface area contributed by atoms with Gasteiger partial charge in [-0.2, -0.15) is 0 Å². The van der Waals surface area contributed by atoms with Crippen molar-refractivity contribution in [2.45, 2.75) is 39.5 Å². The van der Waals surface area contributed by atoms with Crippen LogP contribution in [-0.2, 0) is 0 Å². The summed E-state index contributed by atoms with van der Waals surface area (Å²) in [5.74, 6) is 0. The van der Waals surface area contributed by atoms with E-state index in [0.717, 1.165) is 19.4 Å². The van der Waals surface area contributed by atoms with Gasteiger partial charge in [-0.15, -0.1) is 0 Å². The van der Waals surface area contributed by atoms with Crippen molar-refractivity contribution < 1.29 is 0 Å². The largest absolute Gasteiger partial charge is 0.300 e. The highest BCUT2D eigenvalue weighted by Crippen LogP contribution is 1.97. The van der Waals surface area contributed by atoms with Crippen LogP contribution in [0.1, 0.15) is 39.5 Å². The van der Waals surface area contributed by atoms with Crippen molar-refractivity contribution in [2.24, 2.45) is 0 Å². The first-order chi connectivity index (χ1) is 6.35. The third-order valence-corrected chi connectivity index (χ3v) is 2.03. The summed E-state index contributed by atoms with van der Waals surface area (Å²) in [6.45, 7) is 11.8. The minimum absolute atomic E-state index is 1.05. The van der Waals surface area contributed by atoms with Crippen molar-refractivity contribution in [1.29, 1.82) is 0 Å². The molecule has 0 rings (SSSR count). The van der Waals surface area contributed by atoms with Gasteiger partial charge in [0.25, 0.3) is 0 Å². The van der Waals surface area contributed by atoms with E-state index in [-0.39, 0.29) is 0 Å². The van der Waals surface area contributed by atoms with E-state index in [9.17, 15) is 0 Å². The van der Waals surface area contributed by atoms with E-state index in [1.807, 2.05) is 0 Å². The number of rotatable bonds is 8. The summed E-state index contributed by atoms with van der Waals surface area (Å²) in [6, 6.07) is 0. The second kappa shape index (κ2) is 9.79. The van der Waals surface area contributed by atoms with E-state index in [1.165, 1.54) is 25.9 Å². The molecule has 77 valence electrons. The van der Waals surface area contributed by atoms with Crippen LogP contribution < -0.4 is 0 Å². The van der Waals surface area contributed by atoms with Crippen molar-refractivity contribution in [3.8, 4) is 0 Å². The lowest BCUT2D eigenvalue weighted by molar-refractivity contribution is 0.299. The zero-order valence-electron chi connectivity index (χ0n) is 9.26. The fourth-order valence-corrected chi connectivity index (χ4v) is 1.34. The molecule has 0 unspecified atom stereocenters. The molecular weight excluding hydrogens is 158 g/mol. The van der Waals surface area contributed by atoms with Gasteiger partial charge in [-0.25, -0.2) is 0 Å². The van der Waals surface area contributed by atoms with E-state index in [2.05, 4.69) is 37.8 Å². The summed E-state index contributed by atoms with van der Waals surface area (Å²) in [5.41, 5.74) is 0. The van der Waals surface area contributed by atoms with Gasteiger partial charge in [0.15, 0.2) is 0 Å². The lowest BCUT2D eigenvalue weighted by atomic mass is 10.3. The molecule has 1 nitrogen and oxygen atoms in total. The van der Waals surface area contributed by atoms with Crippen molar-refractivity contribution >= 4 is 0 Å². The molecular formula is C12H24N. The van der Waals surface area contributed by atoms with Crippen LogP contribution in [0.5, 0.6) is 0 Å². The van der Waals surface area contributed by atoms with Crippen LogP contribution in [0.2, 0.25) is 0 Å². The molecule has 0 aliphatic heterocycles. The number of nitrogens with zero attached hydrogens (tertiary/aromatic N) is 1. The molecule has 0 saturated heterocycles. The highest BCUT2D eigenvalue weighted by molar-refractivity contribution is 4.83. The lowest BCUT2D eigenvalue weighted by Crippen LogP contribution is -2.25. The van der Waals surface area contributed by atoms with Gasteiger partial charge in [-0.1, -0.05) is 39.3 Å². The molecule has 0 bridgehead atoms. The molecule has 0 aromatic heterocycles. The first-order valence-corrected chi connectivity index (χ1v) is 5.51. The van der Waals surface area contributed by atoms with Crippen molar-refractivity contribution in [2.75, 3.05) is 19.6 Å². The Morgan fingerprint density at radius 3 is 2.46 bits per heavy atom. The van der Waals surface area contributed by atoms with Gasteiger partial charge in [0.1, 0.15) is 0 Å². The summed E-state index contributed by atoms with van der Waals surface area (Å²) in [4.78, 5) is 2.50. The molecule has 0 fully saturated rings. The average molecular weight is 182 g/mol. The molecule has 0 aromatic carbocycles. The molecule has 1 radical (unpaired) electrons. The molecule has 0 amide bonds. The number of allylic oxidation sites excluding steroid dienone is 1. The third kappa shape index (κ3) is 8.04. The Bertz CT molecular complexity index is 118. The van der Waals surface area contributed by atoms with E-state index >= 15 is 0 Å². The van der Waals surface area contributed by atoms with Gasteiger partial charge in [0.05, 0.1) is 0 Å². The molecule has 0 spiro atoms. The maximum absolute atomic E-state index is 3.87. The Balaban J connectivity index is 3.59. The van der Waals surface area contributed by atoms with Gasteiger partial charge < -0.3 is 0 Å². The Morgan fingerprint density at radius 1 is 1.15 bits per heavy atom. The van der Waals surface area contributed by atoms with Gasteiger partial charge in [0, 0.05) is 6.54 Å². The van der Waals surface area contributed by atoms with E-state index in [4.69, 9.17) is 0 Å². The van der Waals surface area contributed by atoms with Crippen LogP contribution in [-0.4, -0.2) is 24.5 Å². The maximum atomic E-state index is 3.87. The zero-order chi connectivity index (χ0) is 9.94. The predicted molar refractivity (Wildman–Crippen MR) is 60.8 cm³/mol. The lowest BCUT2D eigenvalue weighted by Gasteiger charge is -2.19. The van der Waals surface area contributed by atoms with Crippen LogP contribution >= 0.6 is 0 Å². The molecule has 13 heavy (non-hydrogen) atoms. The summed E-state index contributed by atoms with van der Waals surface area (Å²) >= 11 is 0. The molecule has 0 aromatic rings. The second-order valence-corrected chi connectivity index (χ2v) is 3.39.